The van der Waals surface area contributed by atoms with Crippen LogP contribution in [0, 0.1) is 13.8 Å². The summed E-state index contributed by atoms with van der Waals surface area (Å²) in [6.07, 6.45) is -4.69. The first-order valence-electron chi connectivity index (χ1n) is 6.86. The molecule has 0 spiro atoms. The lowest BCUT2D eigenvalue weighted by Gasteiger charge is -2.20. The van der Waals surface area contributed by atoms with Crippen molar-refractivity contribution in [2.24, 2.45) is 7.05 Å². The minimum Gasteiger partial charge on any atom is -0.336 e. The first-order chi connectivity index (χ1) is 10.5. The minimum absolute atomic E-state index is 0.235. The molecule has 2 heterocycles. The summed E-state index contributed by atoms with van der Waals surface area (Å²) in [5.74, 6) is -0.679. The van der Waals surface area contributed by atoms with Crippen LogP contribution in [0.2, 0.25) is 0 Å². The first-order valence-corrected chi connectivity index (χ1v) is 6.86. The molecule has 0 atom stereocenters. The van der Waals surface area contributed by atoms with Gasteiger partial charge in [-0.1, -0.05) is 0 Å². The molecule has 1 amide bonds. The molecule has 126 valence electrons. The SMILES string of the molecule is Cc1nc2c(c(C)c1CC(=O)N(C)CC(F)(F)F)c(=O)[nH]n2C. The Morgan fingerprint density at radius 3 is 2.52 bits per heavy atom. The number of aryl methyl sites for hydroxylation is 3. The number of amides is 1. The van der Waals surface area contributed by atoms with Gasteiger partial charge in [0.1, 0.15) is 6.54 Å². The average molecular weight is 330 g/mol. The van der Waals surface area contributed by atoms with Crippen LogP contribution in [0.5, 0.6) is 0 Å². The quantitative estimate of drug-likeness (QED) is 0.926. The van der Waals surface area contributed by atoms with Crippen molar-refractivity contribution < 1.29 is 18.0 Å². The van der Waals surface area contributed by atoms with Crippen molar-refractivity contribution in [3.05, 3.63) is 27.2 Å². The number of nitrogens with one attached hydrogen (secondary N) is 1. The Morgan fingerprint density at radius 1 is 1.35 bits per heavy atom. The van der Waals surface area contributed by atoms with Crippen LogP contribution in [-0.2, 0) is 18.3 Å². The molecular formula is C14H17F3N4O2. The number of nitrogens with zero attached hydrogens (tertiary/aromatic N) is 3. The maximum Gasteiger partial charge on any atom is 0.406 e. The van der Waals surface area contributed by atoms with Crippen molar-refractivity contribution in [3.8, 4) is 0 Å². The van der Waals surface area contributed by atoms with Crippen molar-refractivity contribution in [3.63, 3.8) is 0 Å². The highest BCUT2D eigenvalue weighted by Crippen LogP contribution is 2.21. The second kappa shape index (κ2) is 5.71. The number of fused-ring (bicyclic) bond motifs is 1. The molecular weight excluding hydrogens is 313 g/mol. The van der Waals surface area contributed by atoms with Crippen LogP contribution in [0.3, 0.4) is 0 Å². The smallest absolute Gasteiger partial charge is 0.336 e. The maximum absolute atomic E-state index is 12.4. The Labute approximate surface area is 129 Å². The van der Waals surface area contributed by atoms with E-state index in [4.69, 9.17) is 0 Å². The summed E-state index contributed by atoms with van der Waals surface area (Å²) in [4.78, 5) is 28.9. The van der Waals surface area contributed by atoms with E-state index in [0.717, 1.165) is 7.05 Å². The van der Waals surface area contributed by atoms with Gasteiger partial charge in [-0.25, -0.2) is 4.98 Å². The molecule has 6 nitrogen and oxygen atoms in total. The van der Waals surface area contributed by atoms with Gasteiger partial charge in [-0.2, -0.15) is 13.2 Å². The number of hydrogen-bond acceptors (Lipinski definition) is 3. The fraction of sp³-hybridized carbons (Fsp3) is 0.500. The van der Waals surface area contributed by atoms with Crippen LogP contribution in [0.4, 0.5) is 13.2 Å². The van der Waals surface area contributed by atoms with Crippen LogP contribution < -0.4 is 5.56 Å². The number of aromatic amines is 1. The number of carbonyl (C=O) groups is 1. The number of pyridine rings is 1. The Bertz CT molecular complexity index is 820. The summed E-state index contributed by atoms with van der Waals surface area (Å²) in [6.45, 7) is 2.01. The van der Waals surface area contributed by atoms with E-state index in [-0.39, 0.29) is 12.0 Å². The van der Waals surface area contributed by atoms with Gasteiger partial charge in [-0.05, 0) is 25.0 Å². The van der Waals surface area contributed by atoms with E-state index >= 15 is 0 Å². The van der Waals surface area contributed by atoms with Crippen molar-refractivity contribution in [1.29, 1.82) is 0 Å². The molecule has 23 heavy (non-hydrogen) atoms. The van der Waals surface area contributed by atoms with E-state index in [9.17, 15) is 22.8 Å². The van der Waals surface area contributed by atoms with E-state index in [1.54, 1.807) is 20.9 Å². The van der Waals surface area contributed by atoms with Gasteiger partial charge < -0.3 is 4.90 Å². The highest BCUT2D eigenvalue weighted by Gasteiger charge is 2.31. The monoisotopic (exact) mass is 330 g/mol. The van der Waals surface area contributed by atoms with Crippen LogP contribution in [0.15, 0.2) is 4.79 Å². The third-order valence-corrected chi connectivity index (χ3v) is 3.75. The predicted molar refractivity (Wildman–Crippen MR) is 78.2 cm³/mol. The zero-order chi connectivity index (χ0) is 17.5. The molecule has 0 saturated heterocycles. The lowest BCUT2D eigenvalue weighted by Crippen LogP contribution is -2.37. The van der Waals surface area contributed by atoms with Gasteiger partial charge in [0.25, 0.3) is 5.56 Å². The molecule has 2 aromatic rings. The number of halogens is 3. The van der Waals surface area contributed by atoms with Crippen molar-refractivity contribution in [1.82, 2.24) is 19.7 Å². The Hall–Kier alpha value is -2.32. The third-order valence-electron chi connectivity index (χ3n) is 3.75. The first kappa shape index (κ1) is 17.0. The third kappa shape index (κ3) is 3.38. The van der Waals surface area contributed by atoms with Crippen LogP contribution in [-0.4, -0.2) is 45.3 Å². The second-order valence-electron chi connectivity index (χ2n) is 5.54. The molecule has 9 heteroatoms. The van der Waals surface area contributed by atoms with Gasteiger partial charge in [-0.15, -0.1) is 0 Å². The Morgan fingerprint density at radius 2 is 1.96 bits per heavy atom. The van der Waals surface area contributed by atoms with Crippen molar-refractivity contribution in [2.45, 2.75) is 26.4 Å². The topological polar surface area (TPSA) is 71.0 Å². The van der Waals surface area contributed by atoms with Gasteiger partial charge in [-0.3, -0.25) is 19.4 Å². The standard InChI is InChI=1S/C14H17F3N4O2/c1-7-9(5-10(22)20(3)6-14(15,16)17)8(2)18-12-11(7)13(23)19-21(12)4/h5-6H2,1-4H3,(H,19,23). The maximum atomic E-state index is 12.4. The summed E-state index contributed by atoms with van der Waals surface area (Å²) < 4.78 is 38.6. The average Bonchev–Trinajstić information content (AvgIpc) is 2.67. The van der Waals surface area contributed by atoms with E-state index in [1.807, 2.05) is 0 Å². The number of rotatable bonds is 3. The Balaban J connectivity index is 2.39. The molecule has 0 radical (unpaired) electrons. The molecule has 0 fully saturated rings. The van der Waals surface area contributed by atoms with Crippen LogP contribution in [0.25, 0.3) is 11.0 Å². The molecule has 1 N–H and O–H groups in total. The lowest BCUT2D eigenvalue weighted by molar-refractivity contribution is -0.157. The van der Waals surface area contributed by atoms with Gasteiger partial charge in [0.05, 0.1) is 11.8 Å². The Kier molecular flexibility index (Phi) is 4.23. The molecule has 0 aliphatic heterocycles. The van der Waals surface area contributed by atoms with E-state index in [1.165, 1.54) is 4.68 Å². The van der Waals surface area contributed by atoms with Crippen molar-refractivity contribution in [2.75, 3.05) is 13.6 Å². The molecule has 0 bridgehead atoms. The van der Waals surface area contributed by atoms with E-state index in [2.05, 4.69) is 10.1 Å². The molecule has 0 saturated carbocycles. The fourth-order valence-corrected chi connectivity index (χ4v) is 2.55. The van der Waals surface area contributed by atoms with Gasteiger partial charge in [0.2, 0.25) is 5.91 Å². The summed E-state index contributed by atoms with van der Waals surface area (Å²) in [5.41, 5.74) is 1.66. The molecule has 2 rings (SSSR count). The molecule has 0 aliphatic carbocycles. The van der Waals surface area contributed by atoms with E-state index < -0.39 is 18.6 Å². The number of hydrogen-bond donors (Lipinski definition) is 1. The number of carbonyl (C=O) groups excluding carboxylic acids is 1. The fourth-order valence-electron chi connectivity index (χ4n) is 2.55. The predicted octanol–water partition coefficient (Wildman–Crippen LogP) is 1.44. The van der Waals surface area contributed by atoms with Crippen molar-refractivity contribution >= 4 is 16.9 Å². The minimum atomic E-state index is -4.45. The summed E-state index contributed by atoms with van der Waals surface area (Å²) >= 11 is 0. The largest absolute Gasteiger partial charge is 0.406 e. The van der Waals surface area contributed by atoms with Crippen LogP contribution in [0.1, 0.15) is 16.8 Å². The highest BCUT2D eigenvalue weighted by molar-refractivity contribution is 5.84. The van der Waals surface area contributed by atoms with E-state index in [0.29, 0.717) is 32.8 Å². The van der Waals surface area contributed by atoms with Gasteiger partial charge >= 0.3 is 6.18 Å². The number of alkyl halides is 3. The highest BCUT2D eigenvalue weighted by atomic mass is 19.4. The zero-order valence-corrected chi connectivity index (χ0v) is 13.2. The molecule has 0 aromatic carbocycles. The van der Waals surface area contributed by atoms with Crippen LogP contribution >= 0.6 is 0 Å². The molecule has 2 aromatic heterocycles. The second-order valence-corrected chi connectivity index (χ2v) is 5.54. The van der Waals surface area contributed by atoms with Gasteiger partial charge in [0, 0.05) is 19.8 Å². The number of likely N-dealkylation sites (N-methyl/N-ethyl adjacent to an activating group) is 1. The molecule has 0 aliphatic rings. The molecule has 0 unspecified atom stereocenters. The summed E-state index contributed by atoms with van der Waals surface area (Å²) in [6, 6.07) is 0. The number of H-pyrrole nitrogens is 1. The summed E-state index contributed by atoms with van der Waals surface area (Å²) in [7, 11) is 2.74. The zero-order valence-electron chi connectivity index (χ0n) is 13.2. The van der Waals surface area contributed by atoms with Gasteiger partial charge in [0.15, 0.2) is 5.65 Å². The normalized spacial score (nSPS) is 12.0. The number of aromatic nitrogens is 3. The summed E-state index contributed by atoms with van der Waals surface area (Å²) in [5, 5.41) is 2.92. The lowest BCUT2D eigenvalue weighted by atomic mass is 10.0.